The summed E-state index contributed by atoms with van der Waals surface area (Å²) >= 11 is 13.7. The topological polar surface area (TPSA) is 61.4 Å². The predicted octanol–water partition coefficient (Wildman–Crippen LogP) is 2.44. The second-order valence-corrected chi connectivity index (χ2v) is 6.61. The van der Waals surface area contributed by atoms with Crippen LogP contribution in [0.2, 0.25) is 10.0 Å². The Hall–Kier alpha value is -0.950. The molecular formula is C14H17Cl2N3O2S. The van der Waals surface area contributed by atoms with Gasteiger partial charge in [0.25, 0.3) is 0 Å². The van der Waals surface area contributed by atoms with Crippen LogP contribution in [0.4, 0.5) is 5.69 Å². The van der Waals surface area contributed by atoms with Gasteiger partial charge in [-0.15, -0.1) is 11.8 Å². The van der Waals surface area contributed by atoms with E-state index in [2.05, 4.69) is 10.6 Å². The monoisotopic (exact) mass is 361 g/mol. The Morgan fingerprint density at radius 3 is 2.64 bits per heavy atom. The van der Waals surface area contributed by atoms with Gasteiger partial charge in [0.15, 0.2) is 0 Å². The van der Waals surface area contributed by atoms with Crippen LogP contribution in [0.3, 0.4) is 0 Å². The molecule has 0 saturated carbocycles. The van der Waals surface area contributed by atoms with Gasteiger partial charge < -0.3 is 10.2 Å². The molecule has 0 spiro atoms. The number of benzene rings is 1. The maximum atomic E-state index is 12.3. The van der Waals surface area contributed by atoms with E-state index in [-0.39, 0.29) is 24.4 Å². The number of halogens is 2. The van der Waals surface area contributed by atoms with Gasteiger partial charge >= 0.3 is 0 Å². The fraction of sp³-hybridized carbons (Fsp3) is 0.429. The van der Waals surface area contributed by atoms with Crippen molar-refractivity contribution in [2.45, 2.75) is 13.0 Å². The van der Waals surface area contributed by atoms with Crippen LogP contribution in [0.1, 0.15) is 6.92 Å². The van der Waals surface area contributed by atoms with Crippen LogP contribution in [0, 0.1) is 0 Å². The van der Waals surface area contributed by atoms with E-state index < -0.39 is 0 Å². The van der Waals surface area contributed by atoms with Gasteiger partial charge in [-0.1, -0.05) is 29.3 Å². The number of thioether (sulfide) groups is 1. The third-order valence-corrected chi connectivity index (χ3v) is 4.84. The Balaban J connectivity index is 1.98. The van der Waals surface area contributed by atoms with E-state index in [0.29, 0.717) is 22.3 Å². The second-order valence-electron chi connectivity index (χ2n) is 4.77. The molecule has 1 saturated heterocycles. The van der Waals surface area contributed by atoms with Gasteiger partial charge in [0.1, 0.15) is 0 Å². The lowest BCUT2D eigenvalue weighted by molar-refractivity contribution is -0.135. The minimum Gasteiger partial charge on any atom is -0.332 e. The minimum absolute atomic E-state index is 0.0280. The standard InChI is InChI=1S/C14H17Cl2N3O2S/c1-2-19(14(21)11-7-22-8-17-11)6-12(20)18-13-9(15)4-3-5-10(13)16/h3-5,11,17H,2,6-8H2,1H3,(H,18,20)/t11-/m1/s1. The van der Waals surface area contributed by atoms with Crippen molar-refractivity contribution in [3.63, 3.8) is 0 Å². The van der Waals surface area contributed by atoms with Crippen LogP contribution < -0.4 is 10.6 Å². The molecule has 5 nitrogen and oxygen atoms in total. The number of nitrogens with one attached hydrogen (secondary N) is 2. The maximum Gasteiger partial charge on any atom is 0.244 e. The minimum atomic E-state index is -0.323. The highest BCUT2D eigenvalue weighted by atomic mass is 35.5. The largest absolute Gasteiger partial charge is 0.332 e. The van der Waals surface area contributed by atoms with Gasteiger partial charge in [-0.05, 0) is 19.1 Å². The van der Waals surface area contributed by atoms with Gasteiger partial charge in [-0.25, -0.2) is 0 Å². The van der Waals surface area contributed by atoms with Crippen molar-refractivity contribution < 1.29 is 9.59 Å². The number of carbonyl (C=O) groups is 2. The molecule has 8 heteroatoms. The lowest BCUT2D eigenvalue weighted by Crippen LogP contribution is -2.47. The molecule has 1 atom stereocenters. The average molecular weight is 362 g/mol. The summed E-state index contributed by atoms with van der Waals surface area (Å²) in [7, 11) is 0. The third kappa shape index (κ3) is 4.29. The first-order valence-corrected chi connectivity index (χ1v) is 8.77. The zero-order valence-electron chi connectivity index (χ0n) is 12.1. The van der Waals surface area contributed by atoms with E-state index in [1.165, 1.54) is 4.90 Å². The molecule has 2 amide bonds. The van der Waals surface area contributed by atoms with Gasteiger partial charge in [0.2, 0.25) is 11.8 Å². The number of para-hydroxylation sites is 1. The molecule has 120 valence electrons. The fourth-order valence-corrected chi connectivity index (χ4v) is 3.51. The van der Waals surface area contributed by atoms with Crippen LogP contribution in [0.15, 0.2) is 18.2 Å². The van der Waals surface area contributed by atoms with Gasteiger partial charge in [-0.2, -0.15) is 0 Å². The quantitative estimate of drug-likeness (QED) is 0.845. The molecule has 1 aromatic rings. The Labute approximate surface area is 143 Å². The summed E-state index contributed by atoms with van der Waals surface area (Å²) < 4.78 is 0. The van der Waals surface area contributed by atoms with Crippen molar-refractivity contribution in [2.75, 3.05) is 30.0 Å². The van der Waals surface area contributed by atoms with Crippen LogP contribution in [-0.4, -0.2) is 47.5 Å². The number of carbonyl (C=O) groups excluding carboxylic acids is 2. The van der Waals surface area contributed by atoms with Crippen LogP contribution in [-0.2, 0) is 9.59 Å². The Morgan fingerprint density at radius 1 is 1.41 bits per heavy atom. The molecule has 0 unspecified atom stereocenters. The molecule has 0 aromatic heterocycles. The van der Waals surface area contributed by atoms with Crippen LogP contribution in [0.5, 0.6) is 0 Å². The summed E-state index contributed by atoms with van der Waals surface area (Å²) in [4.78, 5) is 26.0. The predicted molar refractivity (Wildman–Crippen MR) is 91.6 cm³/mol. The molecule has 2 N–H and O–H groups in total. The van der Waals surface area contributed by atoms with E-state index in [9.17, 15) is 9.59 Å². The number of anilines is 1. The Bertz CT molecular complexity index is 545. The van der Waals surface area contributed by atoms with Crippen LogP contribution in [0.25, 0.3) is 0 Å². The highest BCUT2D eigenvalue weighted by molar-refractivity contribution is 7.99. The number of rotatable bonds is 5. The molecule has 1 aliphatic rings. The van der Waals surface area contributed by atoms with E-state index >= 15 is 0 Å². The number of amides is 2. The highest BCUT2D eigenvalue weighted by Crippen LogP contribution is 2.29. The van der Waals surface area contributed by atoms with E-state index in [1.807, 2.05) is 6.92 Å². The van der Waals surface area contributed by atoms with Crippen molar-refractivity contribution in [3.05, 3.63) is 28.2 Å². The summed E-state index contributed by atoms with van der Waals surface area (Å²) in [5, 5.41) is 6.51. The zero-order valence-corrected chi connectivity index (χ0v) is 14.4. The zero-order chi connectivity index (χ0) is 16.1. The normalized spacial score (nSPS) is 17.3. The van der Waals surface area contributed by atoms with Gasteiger partial charge in [-0.3, -0.25) is 14.9 Å². The first-order chi connectivity index (χ1) is 10.5. The molecule has 22 heavy (non-hydrogen) atoms. The van der Waals surface area contributed by atoms with E-state index in [0.717, 1.165) is 11.6 Å². The Morgan fingerprint density at radius 2 is 2.09 bits per heavy atom. The molecule has 1 aromatic carbocycles. The Kier molecular flexibility index (Phi) is 6.37. The van der Waals surface area contributed by atoms with Crippen LogP contribution >= 0.6 is 35.0 Å². The summed E-state index contributed by atoms with van der Waals surface area (Å²) in [6, 6.07) is 4.77. The number of nitrogens with zero attached hydrogens (tertiary/aromatic N) is 1. The number of hydrogen-bond donors (Lipinski definition) is 2. The first kappa shape index (κ1) is 17.4. The number of likely N-dealkylation sites (N-methyl/N-ethyl adjacent to an activating group) is 1. The second kappa shape index (κ2) is 8.06. The molecule has 1 heterocycles. The molecule has 0 radical (unpaired) electrons. The molecule has 1 fully saturated rings. The molecular weight excluding hydrogens is 345 g/mol. The average Bonchev–Trinajstić information content (AvgIpc) is 3.02. The third-order valence-electron chi connectivity index (χ3n) is 3.27. The van der Waals surface area contributed by atoms with Gasteiger partial charge in [0.05, 0.1) is 28.3 Å². The smallest absolute Gasteiger partial charge is 0.244 e. The van der Waals surface area contributed by atoms with E-state index in [1.54, 1.807) is 30.0 Å². The van der Waals surface area contributed by atoms with Crippen molar-refractivity contribution in [1.29, 1.82) is 0 Å². The lowest BCUT2D eigenvalue weighted by Gasteiger charge is -2.23. The summed E-state index contributed by atoms with van der Waals surface area (Å²) in [6.45, 7) is 2.28. The summed E-state index contributed by atoms with van der Waals surface area (Å²) in [6.07, 6.45) is 0. The lowest BCUT2D eigenvalue weighted by atomic mass is 10.2. The van der Waals surface area contributed by atoms with Crippen molar-refractivity contribution >= 4 is 52.5 Å². The van der Waals surface area contributed by atoms with Crippen molar-refractivity contribution in [3.8, 4) is 0 Å². The SMILES string of the molecule is CCN(CC(=O)Nc1c(Cl)cccc1Cl)C(=O)[C@H]1CSCN1. The summed E-state index contributed by atoms with van der Waals surface area (Å²) in [5.74, 6) is 1.10. The molecule has 0 aliphatic carbocycles. The van der Waals surface area contributed by atoms with Crippen molar-refractivity contribution in [2.24, 2.45) is 0 Å². The maximum absolute atomic E-state index is 12.3. The molecule has 0 bridgehead atoms. The molecule has 1 aliphatic heterocycles. The fourth-order valence-electron chi connectivity index (χ4n) is 2.09. The number of hydrogen-bond acceptors (Lipinski definition) is 4. The van der Waals surface area contributed by atoms with Crippen molar-refractivity contribution in [1.82, 2.24) is 10.2 Å². The summed E-state index contributed by atoms with van der Waals surface area (Å²) in [5.41, 5.74) is 0.369. The van der Waals surface area contributed by atoms with Gasteiger partial charge in [0, 0.05) is 18.2 Å². The first-order valence-electron chi connectivity index (χ1n) is 6.86. The highest BCUT2D eigenvalue weighted by Gasteiger charge is 2.27. The molecule has 2 rings (SSSR count). The van der Waals surface area contributed by atoms with E-state index in [4.69, 9.17) is 23.2 Å².